The number of fused-ring (bicyclic) bond motifs is 1. The molecule has 0 radical (unpaired) electrons. The van der Waals surface area contributed by atoms with Gasteiger partial charge in [-0.25, -0.2) is 9.18 Å². The van der Waals surface area contributed by atoms with Gasteiger partial charge in [-0.1, -0.05) is 18.2 Å². The fraction of sp³-hybridized carbons (Fsp3) is 0.350. The fourth-order valence-electron chi connectivity index (χ4n) is 3.59. The Hall–Kier alpha value is -2.60. The van der Waals surface area contributed by atoms with E-state index < -0.39 is 0 Å². The molecule has 1 fully saturated rings. The lowest BCUT2D eigenvalue weighted by molar-refractivity contribution is 0.134. The molecule has 0 spiro atoms. The highest BCUT2D eigenvalue weighted by molar-refractivity contribution is 5.89. The molecule has 2 amide bonds. The number of hydrogen-bond donors (Lipinski definition) is 2. The molecule has 136 valence electrons. The number of urea groups is 1. The summed E-state index contributed by atoms with van der Waals surface area (Å²) in [4.78, 5) is 14.2. The Labute approximate surface area is 152 Å². The van der Waals surface area contributed by atoms with Gasteiger partial charge in [-0.3, -0.25) is 0 Å². The van der Waals surface area contributed by atoms with Gasteiger partial charge in [0.1, 0.15) is 5.82 Å². The predicted molar refractivity (Wildman–Crippen MR) is 98.7 cm³/mol. The van der Waals surface area contributed by atoms with Crippen LogP contribution in [0, 0.1) is 11.7 Å². The molecule has 0 bridgehead atoms. The standard InChI is InChI=1S/C20H22FN3O2/c21-18-3-1-2-4-19(18)24-8-7-14(11-24)10-22-20(25)23-17-6-5-15-12-26-13-16(15)9-17/h1-6,9,14H,7-8,10-13H2,(H2,22,23,25)/t14-/m1/s1. The third kappa shape index (κ3) is 3.65. The fourth-order valence-corrected chi connectivity index (χ4v) is 3.59. The van der Waals surface area contributed by atoms with Crippen LogP contribution >= 0.6 is 0 Å². The molecular weight excluding hydrogens is 333 g/mol. The first-order chi connectivity index (χ1) is 12.7. The number of halogens is 1. The molecular formula is C20H22FN3O2. The molecule has 2 aromatic carbocycles. The third-order valence-corrected chi connectivity index (χ3v) is 5.01. The first-order valence-electron chi connectivity index (χ1n) is 8.93. The number of carbonyl (C=O) groups excluding carboxylic acids is 1. The monoisotopic (exact) mass is 355 g/mol. The molecule has 2 N–H and O–H groups in total. The van der Waals surface area contributed by atoms with Crippen molar-refractivity contribution in [1.29, 1.82) is 0 Å². The van der Waals surface area contributed by atoms with Crippen molar-refractivity contribution in [2.24, 2.45) is 5.92 Å². The highest BCUT2D eigenvalue weighted by atomic mass is 19.1. The van der Waals surface area contributed by atoms with Crippen LogP contribution in [0.2, 0.25) is 0 Å². The Kier molecular flexibility index (Phi) is 4.75. The summed E-state index contributed by atoms with van der Waals surface area (Å²) in [6, 6.07) is 12.4. The minimum absolute atomic E-state index is 0.195. The van der Waals surface area contributed by atoms with Gasteiger partial charge in [0.2, 0.25) is 0 Å². The third-order valence-electron chi connectivity index (χ3n) is 5.01. The second-order valence-electron chi connectivity index (χ2n) is 6.86. The number of benzene rings is 2. The van der Waals surface area contributed by atoms with Crippen molar-refractivity contribution in [2.75, 3.05) is 29.9 Å². The molecule has 4 rings (SSSR count). The van der Waals surface area contributed by atoms with Crippen LogP contribution in [-0.4, -0.2) is 25.7 Å². The molecule has 5 nitrogen and oxygen atoms in total. The van der Waals surface area contributed by atoms with E-state index in [9.17, 15) is 9.18 Å². The Bertz CT molecular complexity index is 811. The highest BCUT2D eigenvalue weighted by Gasteiger charge is 2.24. The zero-order chi connectivity index (χ0) is 17.9. The molecule has 0 unspecified atom stereocenters. The molecule has 2 heterocycles. The van der Waals surface area contributed by atoms with Gasteiger partial charge >= 0.3 is 6.03 Å². The molecule has 0 aliphatic carbocycles. The lowest BCUT2D eigenvalue weighted by Gasteiger charge is -2.19. The average molecular weight is 355 g/mol. The number of para-hydroxylation sites is 1. The molecule has 1 saturated heterocycles. The van der Waals surface area contributed by atoms with Gasteiger partial charge in [0.25, 0.3) is 0 Å². The Balaban J connectivity index is 1.27. The van der Waals surface area contributed by atoms with Crippen molar-refractivity contribution in [3.63, 3.8) is 0 Å². The van der Waals surface area contributed by atoms with Gasteiger partial charge in [0.05, 0.1) is 18.9 Å². The van der Waals surface area contributed by atoms with E-state index >= 15 is 0 Å². The van der Waals surface area contributed by atoms with Gasteiger partial charge in [0, 0.05) is 25.3 Å². The predicted octanol–water partition coefficient (Wildman–Crippen LogP) is 3.50. The Morgan fingerprint density at radius 2 is 2.04 bits per heavy atom. The van der Waals surface area contributed by atoms with Crippen LogP contribution in [0.5, 0.6) is 0 Å². The highest BCUT2D eigenvalue weighted by Crippen LogP contribution is 2.26. The summed E-state index contributed by atoms with van der Waals surface area (Å²) in [6.45, 7) is 3.37. The van der Waals surface area contributed by atoms with Gasteiger partial charge in [-0.05, 0) is 47.7 Å². The van der Waals surface area contributed by atoms with Gasteiger partial charge in [0.15, 0.2) is 0 Å². The van der Waals surface area contributed by atoms with Gasteiger partial charge in [-0.15, -0.1) is 0 Å². The van der Waals surface area contributed by atoms with Crippen LogP contribution in [0.15, 0.2) is 42.5 Å². The Morgan fingerprint density at radius 1 is 1.19 bits per heavy atom. The zero-order valence-corrected chi connectivity index (χ0v) is 14.5. The quantitative estimate of drug-likeness (QED) is 0.883. The summed E-state index contributed by atoms with van der Waals surface area (Å²) >= 11 is 0. The lowest BCUT2D eigenvalue weighted by atomic mass is 10.1. The van der Waals surface area contributed by atoms with Crippen molar-refractivity contribution >= 4 is 17.4 Å². The van der Waals surface area contributed by atoms with Crippen molar-refractivity contribution in [3.05, 3.63) is 59.4 Å². The zero-order valence-electron chi connectivity index (χ0n) is 14.5. The smallest absolute Gasteiger partial charge is 0.319 e. The number of anilines is 2. The summed E-state index contributed by atoms with van der Waals surface area (Å²) in [5, 5.41) is 5.79. The number of rotatable bonds is 4. The lowest BCUT2D eigenvalue weighted by Crippen LogP contribution is -2.34. The maximum Gasteiger partial charge on any atom is 0.319 e. The number of carbonyl (C=O) groups is 1. The van der Waals surface area contributed by atoms with E-state index in [0.29, 0.717) is 31.4 Å². The summed E-state index contributed by atoms with van der Waals surface area (Å²) in [6.07, 6.45) is 0.935. The number of nitrogens with one attached hydrogen (secondary N) is 2. The molecule has 2 aliphatic rings. The van der Waals surface area contributed by atoms with Crippen LogP contribution in [0.1, 0.15) is 17.5 Å². The van der Waals surface area contributed by atoms with Crippen molar-refractivity contribution in [1.82, 2.24) is 5.32 Å². The molecule has 0 saturated carbocycles. The molecule has 0 aromatic heterocycles. The summed E-state index contributed by atoms with van der Waals surface area (Å²) in [7, 11) is 0. The summed E-state index contributed by atoms with van der Waals surface area (Å²) in [5.74, 6) is 0.119. The van der Waals surface area contributed by atoms with Crippen molar-refractivity contribution in [2.45, 2.75) is 19.6 Å². The first kappa shape index (κ1) is 16.8. The molecule has 2 aromatic rings. The maximum atomic E-state index is 13.9. The van der Waals surface area contributed by atoms with Gasteiger partial charge in [-0.2, -0.15) is 0 Å². The number of nitrogens with zero attached hydrogens (tertiary/aromatic N) is 1. The number of amides is 2. The molecule has 1 atom stereocenters. The largest absolute Gasteiger partial charge is 0.372 e. The second-order valence-corrected chi connectivity index (χ2v) is 6.86. The topological polar surface area (TPSA) is 53.6 Å². The van der Waals surface area contributed by atoms with Crippen LogP contribution in [0.25, 0.3) is 0 Å². The normalized spacial score (nSPS) is 18.7. The van der Waals surface area contributed by atoms with E-state index in [-0.39, 0.29) is 11.8 Å². The van der Waals surface area contributed by atoms with Crippen molar-refractivity contribution < 1.29 is 13.9 Å². The number of ether oxygens (including phenoxy) is 1. The van der Waals surface area contributed by atoms with Crippen molar-refractivity contribution in [3.8, 4) is 0 Å². The Morgan fingerprint density at radius 3 is 2.92 bits per heavy atom. The van der Waals surface area contributed by atoms with Crippen LogP contribution < -0.4 is 15.5 Å². The van der Waals surface area contributed by atoms with Crippen LogP contribution in [-0.2, 0) is 18.0 Å². The van der Waals surface area contributed by atoms with Crippen LogP contribution in [0.4, 0.5) is 20.6 Å². The van der Waals surface area contributed by atoms with E-state index in [1.165, 1.54) is 11.6 Å². The summed E-state index contributed by atoms with van der Waals surface area (Å²) < 4.78 is 19.3. The SMILES string of the molecule is O=C(NC[C@H]1CCN(c2ccccc2F)C1)Nc1ccc2c(c1)COC2. The minimum atomic E-state index is -0.215. The van der Waals surface area contributed by atoms with E-state index in [0.717, 1.165) is 30.8 Å². The van der Waals surface area contributed by atoms with E-state index in [1.807, 2.05) is 29.2 Å². The average Bonchev–Trinajstić information content (AvgIpc) is 3.29. The minimum Gasteiger partial charge on any atom is -0.372 e. The molecule has 26 heavy (non-hydrogen) atoms. The molecule has 6 heteroatoms. The van der Waals surface area contributed by atoms with E-state index in [4.69, 9.17) is 4.74 Å². The summed E-state index contributed by atoms with van der Waals surface area (Å²) in [5.41, 5.74) is 3.71. The van der Waals surface area contributed by atoms with E-state index in [2.05, 4.69) is 10.6 Å². The molecule has 2 aliphatic heterocycles. The first-order valence-corrected chi connectivity index (χ1v) is 8.93. The van der Waals surface area contributed by atoms with Gasteiger partial charge < -0.3 is 20.3 Å². The van der Waals surface area contributed by atoms with Crippen LogP contribution in [0.3, 0.4) is 0 Å². The maximum absolute atomic E-state index is 13.9. The van der Waals surface area contributed by atoms with E-state index in [1.54, 1.807) is 12.1 Å². The second kappa shape index (κ2) is 7.33. The number of hydrogen-bond acceptors (Lipinski definition) is 3.